The quantitative estimate of drug-likeness (QED) is 0.324. The number of esters is 1. The molecular weight excluding hydrogens is 120 g/mol. The summed E-state index contributed by atoms with van der Waals surface area (Å²) in [6.45, 7) is 5.37. The van der Waals surface area contributed by atoms with Crippen LogP contribution >= 0.6 is 0 Å². The van der Waals surface area contributed by atoms with Crippen LogP contribution in [0.25, 0.3) is 0 Å². The number of hydrazone groups is 1. The minimum atomic E-state index is -0.315. The van der Waals surface area contributed by atoms with E-state index in [1.54, 1.807) is 6.92 Å². The van der Waals surface area contributed by atoms with Gasteiger partial charge in [-0.3, -0.25) is 10.2 Å². The van der Waals surface area contributed by atoms with Gasteiger partial charge in [0.15, 0.2) is 0 Å². The molecule has 0 unspecified atom stereocenters. The predicted molar refractivity (Wildman–Crippen MR) is 34.2 cm³/mol. The average Bonchev–Trinajstić information content (AvgIpc) is 1.85. The summed E-state index contributed by atoms with van der Waals surface area (Å²) >= 11 is 0. The second-order valence-corrected chi connectivity index (χ2v) is 1.30. The van der Waals surface area contributed by atoms with E-state index in [1.807, 2.05) is 0 Å². The van der Waals surface area contributed by atoms with E-state index in [4.69, 9.17) is 0 Å². The van der Waals surface area contributed by atoms with E-state index >= 15 is 0 Å². The van der Waals surface area contributed by atoms with Gasteiger partial charge in [0.05, 0.1) is 6.61 Å². The van der Waals surface area contributed by atoms with Crippen molar-refractivity contribution in [1.82, 2.24) is 5.43 Å². The number of hydrogen-bond acceptors (Lipinski definition) is 4. The van der Waals surface area contributed by atoms with Crippen molar-refractivity contribution in [2.45, 2.75) is 6.92 Å². The van der Waals surface area contributed by atoms with Crippen LogP contribution in [0.4, 0.5) is 0 Å². The van der Waals surface area contributed by atoms with Gasteiger partial charge in [-0.2, -0.15) is 5.10 Å². The van der Waals surface area contributed by atoms with Crippen molar-refractivity contribution >= 4 is 12.7 Å². The van der Waals surface area contributed by atoms with E-state index in [9.17, 15) is 4.79 Å². The van der Waals surface area contributed by atoms with E-state index < -0.39 is 0 Å². The van der Waals surface area contributed by atoms with E-state index in [1.165, 1.54) is 0 Å². The van der Waals surface area contributed by atoms with Crippen molar-refractivity contribution in [3.63, 3.8) is 0 Å². The van der Waals surface area contributed by atoms with Gasteiger partial charge in [0, 0.05) is 6.72 Å². The Hall–Kier alpha value is -1.06. The fraction of sp³-hybridized carbons (Fsp3) is 0.600. The zero-order valence-corrected chi connectivity index (χ0v) is 5.39. The summed E-state index contributed by atoms with van der Waals surface area (Å²) in [4.78, 5) is 10.4. The normalized spacial score (nSPS) is 8.11. The molecule has 0 aromatic carbocycles. The third kappa shape index (κ3) is 4.80. The van der Waals surface area contributed by atoms with Gasteiger partial charge in [-0.25, -0.2) is 0 Å². The van der Waals surface area contributed by atoms with Gasteiger partial charge in [-0.05, 0) is 6.92 Å². The molecule has 52 valence electrons. The van der Waals surface area contributed by atoms with E-state index in [2.05, 4.69) is 22.0 Å². The highest BCUT2D eigenvalue weighted by Crippen LogP contribution is 1.73. The van der Waals surface area contributed by atoms with Crippen LogP contribution in [0.2, 0.25) is 0 Å². The molecule has 0 saturated heterocycles. The largest absolute Gasteiger partial charge is 0.465 e. The molecule has 0 amide bonds. The highest BCUT2D eigenvalue weighted by atomic mass is 16.5. The standard InChI is InChI=1S/C5H10N2O2/c1-3-9-5(8)4-7-6-2/h7H,2-4H2,1H3. The third-order valence-corrected chi connectivity index (χ3v) is 0.641. The molecule has 0 aliphatic rings. The van der Waals surface area contributed by atoms with Crippen molar-refractivity contribution in [3.8, 4) is 0 Å². The highest BCUT2D eigenvalue weighted by molar-refractivity contribution is 5.71. The van der Waals surface area contributed by atoms with E-state index in [0.29, 0.717) is 6.61 Å². The van der Waals surface area contributed by atoms with Crippen LogP contribution in [0, 0.1) is 0 Å². The molecule has 0 fully saturated rings. The summed E-state index contributed by atoms with van der Waals surface area (Å²) in [7, 11) is 0. The zero-order chi connectivity index (χ0) is 7.11. The van der Waals surface area contributed by atoms with Crippen LogP contribution in [0.5, 0.6) is 0 Å². The SMILES string of the molecule is C=NNCC(=O)OCC. The van der Waals surface area contributed by atoms with Gasteiger partial charge in [-0.15, -0.1) is 0 Å². The molecule has 0 saturated carbocycles. The number of hydrogen-bond donors (Lipinski definition) is 1. The first kappa shape index (κ1) is 7.94. The lowest BCUT2D eigenvalue weighted by atomic mass is 10.7. The van der Waals surface area contributed by atoms with Crippen molar-refractivity contribution in [2.24, 2.45) is 5.10 Å². The van der Waals surface area contributed by atoms with Crippen molar-refractivity contribution < 1.29 is 9.53 Å². The molecule has 0 atom stereocenters. The fourth-order valence-corrected chi connectivity index (χ4v) is 0.332. The predicted octanol–water partition coefficient (Wildman–Crippen LogP) is -0.245. The van der Waals surface area contributed by atoms with Gasteiger partial charge in [0.25, 0.3) is 0 Å². The summed E-state index contributed by atoms with van der Waals surface area (Å²) in [6.07, 6.45) is 0. The highest BCUT2D eigenvalue weighted by Gasteiger charge is 1.96. The molecule has 0 bridgehead atoms. The summed E-state index contributed by atoms with van der Waals surface area (Å²) in [5, 5.41) is 3.26. The summed E-state index contributed by atoms with van der Waals surface area (Å²) in [5.41, 5.74) is 2.37. The molecule has 0 aromatic rings. The zero-order valence-electron chi connectivity index (χ0n) is 5.39. The summed E-state index contributed by atoms with van der Waals surface area (Å²) in [5.74, 6) is -0.315. The topological polar surface area (TPSA) is 50.7 Å². The molecule has 0 aliphatic carbocycles. The number of nitrogens with zero attached hydrogens (tertiary/aromatic N) is 1. The molecule has 4 nitrogen and oxygen atoms in total. The van der Waals surface area contributed by atoms with Crippen molar-refractivity contribution in [2.75, 3.05) is 13.2 Å². The molecule has 0 aromatic heterocycles. The van der Waals surface area contributed by atoms with Gasteiger partial charge >= 0.3 is 5.97 Å². The smallest absolute Gasteiger partial charge is 0.327 e. The molecular formula is C5H10N2O2. The Bertz CT molecular complexity index is 103. The Labute approximate surface area is 53.9 Å². The van der Waals surface area contributed by atoms with E-state index in [0.717, 1.165) is 0 Å². The second kappa shape index (κ2) is 5.08. The average molecular weight is 130 g/mol. The number of rotatable bonds is 4. The molecule has 9 heavy (non-hydrogen) atoms. The Morgan fingerprint density at radius 1 is 1.89 bits per heavy atom. The van der Waals surface area contributed by atoms with Crippen LogP contribution in [0.15, 0.2) is 5.10 Å². The minimum Gasteiger partial charge on any atom is -0.465 e. The maximum Gasteiger partial charge on any atom is 0.327 e. The first-order chi connectivity index (χ1) is 4.31. The van der Waals surface area contributed by atoms with Crippen molar-refractivity contribution in [1.29, 1.82) is 0 Å². The Balaban J connectivity index is 3.16. The molecule has 0 rings (SSSR count). The minimum absolute atomic E-state index is 0.0946. The Morgan fingerprint density at radius 3 is 3.00 bits per heavy atom. The molecule has 0 heterocycles. The number of carbonyl (C=O) groups excluding carboxylic acids is 1. The first-order valence-electron chi connectivity index (χ1n) is 2.65. The molecule has 4 heteroatoms. The van der Waals surface area contributed by atoms with Gasteiger partial charge in [0.1, 0.15) is 6.54 Å². The molecule has 1 N–H and O–H groups in total. The molecule has 0 radical (unpaired) electrons. The Morgan fingerprint density at radius 2 is 2.56 bits per heavy atom. The summed E-state index contributed by atoms with van der Waals surface area (Å²) in [6, 6.07) is 0. The molecule has 0 spiro atoms. The van der Waals surface area contributed by atoms with Gasteiger partial charge < -0.3 is 4.74 Å². The maximum atomic E-state index is 10.4. The van der Waals surface area contributed by atoms with Crippen LogP contribution < -0.4 is 5.43 Å². The fourth-order valence-electron chi connectivity index (χ4n) is 0.332. The first-order valence-corrected chi connectivity index (χ1v) is 2.65. The monoisotopic (exact) mass is 130 g/mol. The summed E-state index contributed by atoms with van der Waals surface area (Å²) < 4.78 is 4.55. The van der Waals surface area contributed by atoms with Crippen LogP contribution in [-0.4, -0.2) is 25.8 Å². The third-order valence-electron chi connectivity index (χ3n) is 0.641. The second-order valence-electron chi connectivity index (χ2n) is 1.30. The van der Waals surface area contributed by atoms with Gasteiger partial charge in [0.2, 0.25) is 0 Å². The lowest BCUT2D eigenvalue weighted by Gasteiger charge is -1.98. The van der Waals surface area contributed by atoms with Crippen molar-refractivity contribution in [3.05, 3.63) is 0 Å². The molecule has 0 aliphatic heterocycles. The number of ether oxygens (including phenoxy) is 1. The lowest BCUT2D eigenvalue weighted by molar-refractivity contribution is -0.141. The van der Waals surface area contributed by atoms with Crippen LogP contribution in [0.1, 0.15) is 6.92 Å². The maximum absolute atomic E-state index is 10.4. The lowest BCUT2D eigenvalue weighted by Crippen LogP contribution is -2.19. The van der Waals surface area contributed by atoms with Gasteiger partial charge in [-0.1, -0.05) is 0 Å². The van der Waals surface area contributed by atoms with Crippen LogP contribution in [0.3, 0.4) is 0 Å². The number of nitrogens with one attached hydrogen (secondary N) is 1. The van der Waals surface area contributed by atoms with Crippen LogP contribution in [-0.2, 0) is 9.53 Å². The number of carbonyl (C=O) groups is 1. The van der Waals surface area contributed by atoms with E-state index in [-0.39, 0.29) is 12.5 Å². The Kier molecular flexibility index (Phi) is 4.49.